The minimum atomic E-state index is -1.19. The molecule has 6 heteroatoms. The number of thioether (sulfide) groups is 1. The van der Waals surface area contributed by atoms with Gasteiger partial charge in [-0.3, -0.25) is 4.79 Å². The van der Waals surface area contributed by atoms with Crippen molar-refractivity contribution < 1.29 is 25.2 Å². The van der Waals surface area contributed by atoms with Gasteiger partial charge in [0.1, 0.15) is 11.5 Å². The molecule has 0 aliphatic rings. The van der Waals surface area contributed by atoms with Crippen molar-refractivity contribution in [2.75, 3.05) is 6.61 Å². The summed E-state index contributed by atoms with van der Waals surface area (Å²) in [6, 6.07) is 0. The lowest BCUT2D eigenvalue weighted by Crippen LogP contribution is -2.30. The van der Waals surface area contributed by atoms with Gasteiger partial charge in [-0.25, -0.2) is 0 Å². The van der Waals surface area contributed by atoms with Gasteiger partial charge in [0.15, 0.2) is 0 Å². The Bertz CT molecular complexity index is 262. The Labute approximate surface area is 125 Å². The lowest BCUT2D eigenvalue weighted by atomic mass is 9.94. The third-order valence-electron chi connectivity index (χ3n) is 3.40. The number of aliphatic hydroxyl groups is 3. The van der Waals surface area contributed by atoms with E-state index >= 15 is 0 Å². The first-order chi connectivity index (χ1) is 9.42. The van der Waals surface area contributed by atoms with Crippen LogP contribution in [0.15, 0.2) is 0 Å². The fourth-order valence-corrected chi connectivity index (χ4v) is 3.23. The summed E-state index contributed by atoms with van der Waals surface area (Å²) in [6.45, 7) is 3.49. The Balaban J connectivity index is 4.32. The molecule has 0 fully saturated rings. The molecule has 4 unspecified atom stereocenters. The van der Waals surface area contributed by atoms with Crippen molar-refractivity contribution in [2.45, 2.75) is 69.2 Å². The number of carboxylic acid groups (broad SMARTS) is 1. The van der Waals surface area contributed by atoms with Crippen LogP contribution in [0.5, 0.6) is 0 Å². The van der Waals surface area contributed by atoms with Crippen molar-refractivity contribution in [3.05, 3.63) is 0 Å². The van der Waals surface area contributed by atoms with E-state index in [4.69, 9.17) is 10.2 Å². The van der Waals surface area contributed by atoms with E-state index in [1.807, 2.05) is 6.92 Å². The molecule has 0 aliphatic heterocycles. The first-order valence-electron chi connectivity index (χ1n) is 7.26. The zero-order valence-corrected chi connectivity index (χ0v) is 13.2. The average molecular weight is 308 g/mol. The molecular weight excluding hydrogens is 280 g/mol. The highest BCUT2D eigenvalue weighted by atomic mass is 32.2. The van der Waals surface area contributed by atoms with Gasteiger partial charge in [-0.1, -0.05) is 39.5 Å². The number of carboxylic acids is 1. The van der Waals surface area contributed by atoms with Crippen LogP contribution in [-0.4, -0.2) is 49.8 Å². The maximum absolute atomic E-state index is 10.9. The van der Waals surface area contributed by atoms with Gasteiger partial charge in [-0.2, -0.15) is 0 Å². The van der Waals surface area contributed by atoms with Crippen LogP contribution in [0.2, 0.25) is 0 Å². The summed E-state index contributed by atoms with van der Waals surface area (Å²) in [7, 11) is 0. The quantitative estimate of drug-likeness (QED) is 0.324. The van der Waals surface area contributed by atoms with E-state index in [0.717, 1.165) is 43.9 Å². The number of aliphatic hydroxyl groups excluding tert-OH is 3. The van der Waals surface area contributed by atoms with Gasteiger partial charge in [0.05, 0.1) is 6.61 Å². The second-order valence-electron chi connectivity index (χ2n) is 5.19. The highest BCUT2D eigenvalue weighted by Gasteiger charge is 2.25. The Morgan fingerprint density at radius 2 is 1.85 bits per heavy atom. The largest absolute Gasteiger partial charge is 0.481 e. The molecule has 0 aromatic carbocycles. The summed E-state index contributed by atoms with van der Waals surface area (Å²) in [5.74, 6) is -0.870. The first kappa shape index (κ1) is 19.7. The van der Waals surface area contributed by atoms with Crippen molar-refractivity contribution in [3.63, 3.8) is 0 Å². The summed E-state index contributed by atoms with van der Waals surface area (Å²) >= 11 is 1.13. The molecule has 0 bridgehead atoms. The van der Waals surface area contributed by atoms with E-state index in [1.165, 1.54) is 0 Å². The topological polar surface area (TPSA) is 98.0 Å². The molecule has 5 nitrogen and oxygen atoms in total. The molecule has 0 aliphatic carbocycles. The van der Waals surface area contributed by atoms with E-state index in [0.29, 0.717) is 0 Å². The maximum atomic E-state index is 10.9. The van der Waals surface area contributed by atoms with Gasteiger partial charge < -0.3 is 20.4 Å². The predicted molar refractivity (Wildman–Crippen MR) is 80.7 cm³/mol. The van der Waals surface area contributed by atoms with Crippen LogP contribution in [0, 0.1) is 5.92 Å². The van der Waals surface area contributed by atoms with E-state index in [9.17, 15) is 15.0 Å². The van der Waals surface area contributed by atoms with Crippen LogP contribution < -0.4 is 0 Å². The summed E-state index contributed by atoms with van der Waals surface area (Å²) in [6.07, 6.45) is 4.04. The molecule has 0 aromatic heterocycles. The third kappa shape index (κ3) is 8.79. The van der Waals surface area contributed by atoms with E-state index in [1.54, 1.807) is 0 Å². The molecule has 0 amide bonds. The Hall–Kier alpha value is -0.300. The molecule has 20 heavy (non-hydrogen) atoms. The van der Waals surface area contributed by atoms with Gasteiger partial charge in [0, 0.05) is 11.7 Å². The first-order valence-corrected chi connectivity index (χ1v) is 8.20. The van der Waals surface area contributed by atoms with Crippen LogP contribution in [0.3, 0.4) is 0 Å². The normalized spacial score (nSPS) is 17.4. The van der Waals surface area contributed by atoms with Crippen LogP contribution >= 0.6 is 11.8 Å². The van der Waals surface area contributed by atoms with Gasteiger partial charge in [0.25, 0.3) is 0 Å². The zero-order valence-electron chi connectivity index (χ0n) is 12.4. The molecule has 0 aromatic rings. The molecule has 0 saturated heterocycles. The fourth-order valence-electron chi connectivity index (χ4n) is 2.07. The number of hydrogen-bond acceptors (Lipinski definition) is 5. The van der Waals surface area contributed by atoms with E-state index in [2.05, 4.69) is 6.92 Å². The van der Waals surface area contributed by atoms with E-state index in [-0.39, 0.29) is 17.6 Å². The second-order valence-corrected chi connectivity index (χ2v) is 6.69. The SMILES string of the molecule is CCCCCCC(CC(=O)O)C(C)SC(O)C(O)CO. The maximum Gasteiger partial charge on any atom is 0.303 e. The van der Waals surface area contributed by atoms with Crippen LogP contribution in [0.25, 0.3) is 0 Å². The van der Waals surface area contributed by atoms with Crippen molar-refractivity contribution in [1.82, 2.24) is 0 Å². The Kier molecular flexibility index (Phi) is 11.2. The van der Waals surface area contributed by atoms with Crippen molar-refractivity contribution in [3.8, 4) is 0 Å². The third-order valence-corrected chi connectivity index (χ3v) is 4.81. The smallest absolute Gasteiger partial charge is 0.303 e. The Morgan fingerprint density at radius 1 is 1.20 bits per heavy atom. The van der Waals surface area contributed by atoms with Gasteiger partial charge in [0.2, 0.25) is 0 Å². The molecule has 0 saturated carbocycles. The number of aliphatic carboxylic acids is 1. The van der Waals surface area contributed by atoms with Crippen molar-refractivity contribution in [1.29, 1.82) is 0 Å². The molecule has 120 valence electrons. The summed E-state index contributed by atoms with van der Waals surface area (Å²) in [4.78, 5) is 10.9. The minimum Gasteiger partial charge on any atom is -0.481 e. The number of hydrogen-bond donors (Lipinski definition) is 4. The summed E-state index contributed by atoms with van der Waals surface area (Å²) < 4.78 is 0. The summed E-state index contributed by atoms with van der Waals surface area (Å²) in [5.41, 5.74) is -1.08. The number of carbonyl (C=O) groups is 1. The van der Waals surface area contributed by atoms with Crippen molar-refractivity contribution in [2.24, 2.45) is 5.92 Å². The van der Waals surface area contributed by atoms with E-state index < -0.39 is 24.1 Å². The highest BCUT2D eigenvalue weighted by molar-refractivity contribution is 8.00. The lowest BCUT2D eigenvalue weighted by molar-refractivity contribution is -0.138. The zero-order chi connectivity index (χ0) is 15.5. The highest BCUT2D eigenvalue weighted by Crippen LogP contribution is 2.30. The molecule has 0 radical (unpaired) electrons. The number of rotatable bonds is 12. The molecule has 0 rings (SSSR count). The van der Waals surface area contributed by atoms with Crippen molar-refractivity contribution >= 4 is 17.7 Å². The second kappa shape index (κ2) is 11.4. The van der Waals surface area contributed by atoms with Crippen LogP contribution in [0.1, 0.15) is 52.4 Å². The molecular formula is C14H28O5S. The molecule has 0 heterocycles. The van der Waals surface area contributed by atoms with Gasteiger partial charge in [-0.05, 0) is 12.3 Å². The average Bonchev–Trinajstić information content (AvgIpc) is 2.40. The minimum absolute atomic E-state index is 0.0325. The molecule has 4 atom stereocenters. The number of unbranched alkanes of at least 4 members (excludes halogenated alkanes) is 3. The van der Waals surface area contributed by atoms with Crippen LogP contribution in [0.4, 0.5) is 0 Å². The molecule has 4 N–H and O–H groups in total. The van der Waals surface area contributed by atoms with Gasteiger partial charge in [-0.15, -0.1) is 11.8 Å². The summed E-state index contributed by atoms with van der Waals surface area (Å²) in [5, 5.41) is 36.7. The molecule has 0 spiro atoms. The van der Waals surface area contributed by atoms with Crippen LogP contribution in [-0.2, 0) is 4.79 Å². The fraction of sp³-hybridized carbons (Fsp3) is 0.929. The standard InChI is InChI=1S/C14H28O5S/c1-3-4-5-6-7-11(8-13(17)18)10(2)20-14(19)12(16)9-15/h10-12,14-16,19H,3-9H2,1-2H3,(H,17,18). The van der Waals surface area contributed by atoms with Gasteiger partial charge >= 0.3 is 5.97 Å². The Morgan fingerprint density at radius 3 is 2.35 bits per heavy atom. The lowest BCUT2D eigenvalue weighted by Gasteiger charge is -2.26. The monoisotopic (exact) mass is 308 g/mol. The predicted octanol–water partition coefficient (Wildman–Crippen LogP) is 1.84.